The number of ether oxygens (including phenoxy) is 2. The van der Waals surface area contributed by atoms with Crippen LogP contribution in [0, 0.1) is 5.82 Å². The van der Waals surface area contributed by atoms with E-state index in [0.717, 1.165) is 5.56 Å². The third-order valence-corrected chi connectivity index (χ3v) is 4.34. The molecule has 0 radical (unpaired) electrons. The number of benzene rings is 2. The molecule has 0 atom stereocenters. The molecule has 0 amide bonds. The summed E-state index contributed by atoms with van der Waals surface area (Å²) in [5.41, 5.74) is 7.35. The summed E-state index contributed by atoms with van der Waals surface area (Å²) in [6.07, 6.45) is 2.78. The van der Waals surface area contributed by atoms with Crippen molar-refractivity contribution in [2.45, 2.75) is 6.61 Å². The number of hydrogen-bond donors (Lipinski definition) is 1. The molecule has 148 valence electrons. The van der Waals surface area contributed by atoms with Crippen LogP contribution < -0.4 is 10.5 Å². The molecule has 0 aliphatic rings. The van der Waals surface area contributed by atoms with Gasteiger partial charge in [0.05, 0.1) is 17.7 Å². The Morgan fingerprint density at radius 1 is 1.34 bits per heavy atom. The molecule has 29 heavy (non-hydrogen) atoms. The SMILES string of the molecule is C=Cc1cnc(-c2ccc(Cl)c(OC)c2F)nc1C(=O)OCc1cccc(N)c1. The highest BCUT2D eigenvalue weighted by Gasteiger charge is 2.20. The first-order valence-electron chi connectivity index (χ1n) is 8.48. The first-order chi connectivity index (χ1) is 13.9. The second-order valence-electron chi connectivity index (χ2n) is 5.97. The Labute approximate surface area is 171 Å². The molecule has 0 aliphatic carbocycles. The molecule has 3 rings (SSSR count). The van der Waals surface area contributed by atoms with Crippen molar-refractivity contribution in [2.24, 2.45) is 0 Å². The number of nitrogens with zero attached hydrogens (tertiary/aromatic N) is 2. The maximum absolute atomic E-state index is 14.7. The van der Waals surface area contributed by atoms with E-state index in [1.807, 2.05) is 0 Å². The number of halogens is 2. The molecule has 3 aromatic rings. The van der Waals surface area contributed by atoms with Crippen LogP contribution in [-0.4, -0.2) is 23.0 Å². The molecule has 8 heteroatoms. The number of carbonyl (C=O) groups is 1. The fourth-order valence-electron chi connectivity index (χ4n) is 2.63. The third-order valence-electron chi connectivity index (χ3n) is 4.05. The van der Waals surface area contributed by atoms with Crippen molar-refractivity contribution in [3.8, 4) is 17.1 Å². The Morgan fingerprint density at radius 2 is 2.14 bits per heavy atom. The number of nitrogens with two attached hydrogens (primary N) is 1. The zero-order chi connectivity index (χ0) is 21.0. The zero-order valence-electron chi connectivity index (χ0n) is 15.5. The van der Waals surface area contributed by atoms with Crippen LogP contribution >= 0.6 is 11.6 Å². The average molecular weight is 414 g/mol. The number of anilines is 1. The van der Waals surface area contributed by atoms with E-state index < -0.39 is 11.8 Å². The molecular weight excluding hydrogens is 397 g/mol. The fourth-order valence-corrected chi connectivity index (χ4v) is 2.85. The van der Waals surface area contributed by atoms with Crippen molar-refractivity contribution in [1.29, 1.82) is 0 Å². The van der Waals surface area contributed by atoms with Gasteiger partial charge in [-0.3, -0.25) is 0 Å². The Bertz CT molecular complexity index is 1090. The molecule has 2 aromatic carbocycles. The number of methoxy groups -OCH3 is 1. The first kappa shape index (κ1) is 20.3. The second-order valence-corrected chi connectivity index (χ2v) is 6.37. The van der Waals surface area contributed by atoms with Gasteiger partial charge < -0.3 is 15.2 Å². The first-order valence-corrected chi connectivity index (χ1v) is 8.85. The summed E-state index contributed by atoms with van der Waals surface area (Å²) < 4.78 is 25.0. The van der Waals surface area contributed by atoms with Crippen LogP contribution in [0.5, 0.6) is 5.75 Å². The highest BCUT2D eigenvalue weighted by atomic mass is 35.5. The van der Waals surface area contributed by atoms with Gasteiger partial charge in [0, 0.05) is 17.4 Å². The maximum atomic E-state index is 14.7. The van der Waals surface area contributed by atoms with Crippen molar-refractivity contribution < 1.29 is 18.7 Å². The number of hydrogen-bond acceptors (Lipinski definition) is 6. The zero-order valence-corrected chi connectivity index (χ0v) is 16.2. The van der Waals surface area contributed by atoms with E-state index in [1.165, 1.54) is 31.5 Å². The molecule has 0 saturated heterocycles. The minimum atomic E-state index is -0.731. The molecule has 0 aliphatic heterocycles. The maximum Gasteiger partial charge on any atom is 0.358 e. The largest absolute Gasteiger partial charge is 0.492 e. The fraction of sp³-hybridized carbons (Fsp3) is 0.0952. The van der Waals surface area contributed by atoms with E-state index in [1.54, 1.807) is 24.3 Å². The van der Waals surface area contributed by atoms with Crippen molar-refractivity contribution in [3.63, 3.8) is 0 Å². The van der Waals surface area contributed by atoms with Gasteiger partial charge in [-0.1, -0.05) is 36.4 Å². The van der Waals surface area contributed by atoms with Crippen LogP contribution in [0.3, 0.4) is 0 Å². The molecule has 6 nitrogen and oxygen atoms in total. The van der Waals surface area contributed by atoms with Gasteiger partial charge in [0.2, 0.25) is 0 Å². The quantitative estimate of drug-likeness (QED) is 0.472. The molecule has 2 N–H and O–H groups in total. The Balaban J connectivity index is 1.93. The highest BCUT2D eigenvalue weighted by Crippen LogP contribution is 2.33. The number of rotatable bonds is 6. The number of esters is 1. The summed E-state index contributed by atoms with van der Waals surface area (Å²) >= 11 is 5.93. The lowest BCUT2D eigenvalue weighted by Gasteiger charge is -2.11. The van der Waals surface area contributed by atoms with E-state index in [9.17, 15) is 9.18 Å². The van der Waals surface area contributed by atoms with Crippen LogP contribution in [0.25, 0.3) is 17.5 Å². The third kappa shape index (κ3) is 4.35. The molecule has 1 heterocycles. The summed E-state index contributed by atoms with van der Waals surface area (Å²) in [6, 6.07) is 9.83. The van der Waals surface area contributed by atoms with Crippen molar-refractivity contribution in [2.75, 3.05) is 12.8 Å². The lowest BCUT2D eigenvalue weighted by Crippen LogP contribution is -2.11. The predicted molar refractivity (Wildman–Crippen MR) is 109 cm³/mol. The topological polar surface area (TPSA) is 87.3 Å². The van der Waals surface area contributed by atoms with Gasteiger partial charge in [-0.25, -0.2) is 19.2 Å². The average Bonchev–Trinajstić information content (AvgIpc) is 2.72. The van der Waals surface area contributed by atoms with Gasteiger partial charge in [-0.05, 0) is 29.8 Å². The minimum Gasteiger partial charge on any atom is -0.492 e. The van der Waals surface area contributed by atoms with Gasteiger partial charge in [0.1, 0.15) is 6.61 Å². The molecular formula is C21H17ClFN3O3. The number of carbonyl (C=O) groups excluding carboxylic acids is 1. The van der Waals surface area contributed by atoms with E-state index in [4.69, 9.17) is 26.8 Å². The Morgan fingerprint density at radius 3 is 2.83 bits per heavy atom. The summed E-state index contributed by atoms with van der Waals surface area (Å²) in [4.78, 5) is 20.9. The van der Waals surface area contributed by atoms with Crippen molar-refractivity contribution in [1.82, 2.24) is 9.97 Å². The van der Waals surface area contributed by atoms with Crippen LogP contribution in [0.2, 0.25) is 5.02 Å². The summed E-state index contributed by atoms with van der Waals surface area (Å²) in [6.45, 7) is 3.65. The highest BCUT2D eigenvalue weighted by molar-refractivity contribution is 6.32. The van der Waals surface area contributed by atoms with Gasteiger partial charge >= 0.3 is 5.97 Å². The number of nitrogen functional groups attached to an aromatic ring is 1. The predicted octanol–water partition coefficient (Wildman–Crippen LogP) is 4.53. The van der Waals surface area contributed by atoms with Crippen molar-refractivity contribution >= 4 is 29.3 Å². The summed E-state index contributed by atoms with van der Waals surface area (Å²) in [5, 5.41) is 0.109. The van der Waals surface area contributed by atoms with E-state index in [-0.39, 0.29) is 34.5 Å². The van der Waals surface area contributed by atoms with Gasteiger partial charge in [0.15, 0.2) is 23.1 Å². The van der Waals surface area contributed by atoms with Crippen LogP contribution in [0.15, 0.2) is 49.2 Å². The van der Waals surface area contributed by atoms with Crippen LogP contribution in [0.1, 0.15) is 21.6 Å². The van der Waals surface area contributed by atoms with Crippen LogP contribution in [0.4, 0.5) is 10.1 Å². The minimum absolute atomic E-state index is 0.00290. The van der Waals surface area contributed by atoms with Gasteiger partial charge in [0.25, 0.3) is 0 Å². The van der Waals surface area contributed by atoms with E-state index in [2.05, 4.69) is 16.5 Å². The summed E-state index contributed by atoms with van der Waals surface area (Å²) in [5.74, 6) is -1.58. The van der Waals surface area contributed by atoms with E-state index >= 15 is 0 Å². The normalized spacial score (nSPS) is 10.4. The Kier molecular flexibility index (Phi) is 6.09. The lowest BCUT2D eigenvalue weighted by molar-refractivity contribution is 0.0465. The van der Waals surface area contributed by atoms with Gasteiger partial charge in [-0.15, -0.1) is 0 Å². The van der Waals surface area contributed by atoms with E-state index in [0.29, 0.717) is 11.3 Å². The van der Waals surface area contributed by atoms with Gasteiger partial charge in [-0.2, -0.15) is 0 Å². The Hall–Kier alpha value is -3.45. The molecule has 0 fully saturated rings. The summed E-state index contributed by atoms with van der Waals surface area (Å²) in [7, 11) is 1.30. The molecule has 1 aromatic heterocycles. The standard InChI is InChI=1S/C21H17ClFN3O3/c1-3-13-10-25-20(15-7-8-16(22)19(28-2)17(15)23)26-18(13)21(27)29-11-12-5-4-6-14(24)9-12/h3-10H,1,11,24H2,2H3. The molecule has 0 spiro atoms. The second kappa shape index (κ2) is 8.70. The van der Waals surface area contributed by atoms with Crippen molar-refractivity contribution in [3.05, 3.63) is 76.8 Å². The smallest absolute Gasteiger partial charge is 0.358 e. The molecule has 0 bridgehead atoms. The number of aromatic nitrogens is 2. The molecule has 0 saturated carbocycles. The monoisotopic (exact) mass is 413 g/mol. The molecule has 0 unspecified atom stereocenters. The lowest BCUT2D eigenvalue weighted by atomic mass is 10.1. The van der Waals surface area contributed by atoms with Crippen LogP contribution in [-0.2, 0) is 11.3 Å².